The molecule has 0 aromatic carbocycles. The van der Waals surface area contributed by atoms with Gasteiger partial charge in [0, 0.05) is 25.3 Å². The van der Waals surface area contributed by atoms with Crippen molar-refractivity contribution in [1.82, 2.24) is 24.9 Å². The van der Waals surface area contributed by atoms with Gasteiger partial charge < -0.3 is 15.5 Å². The zero-order valence-corrected chi connectivity index (χ0v) is 20.8. The van der Waals surface area contributed by atoms with Crippen LogP contribution < -0.4 is 10.6 Å². The van der Waals surface area contributed by atoms with Gasteiger partial charge >= 0.3 is 0 Å². The maximum atomic E-state index is 13.2. The van der Waals surface area contributed by atoms with Crippen molar-refractivity contribution in [2.24, 2.45) is 28.6 Å². The maximum Gasteiger partial charge on any atom is 0.271 e. The molecule has 4 atom stereocenters. The second-order valence-electron chi connectivity index (χ2n) is 12.4. The predicted molar refractivity (Wildman–Crippen MR) is 133 cm³/mol. The molecule has 186 valence electrons. The summed E-state index contributed by atoms with van der Waals surface area (Å²) in [5.41, 5.74) is 2.61. The highest BCUT2D eigenvalue weighted by Gasteiger charge is 2.77. The summed E-state index contributed by atoms with van der Waals surface area (Å²) < 4.78 is 1.77. The van der Waals surface area contributed by atoms with Gasteiger partial charge in [0.05, 0.1) is 0 Å². The number of hydrogen-bond acceptors (Lipinski definition) is 4. The molecule has 2 aromatic heterocycles. The lowest BCUT2D eigenvalue weighted by Crippen LogP contribution is -2.58. The Labute approximate surface area is 207 Å². The van der Waals surface area contributed by atoms with Crippen molar-refractivity contribution in [3.05, 3.63) is 35.8 Å². The third-order valence-corrected chi connectivity index (χ3v) is 10.6. The Morgan fingerprint density at radius 3 is 2.69 bits per heavy atom. The lowest BCUT2D eigenvalue weighted by Gasteiger charge is -2.63. The molecule has 1 spiro atoms. The van der Waals surface area contributed by atoms with Gasteiger partial charge in [0.2, 0.25) is 0 Å². The number of carbonyl (C=O) groups is 2. The molecule has 4 bridgehead atoms. The molecule has 1 saturated heterocycles. The van der Waals surface area contributed by atoms with Crippen LogP contribution in [0.2, 0.25) is 0 Å². The van der Waals surface area contributed by atoms with Gasteiger partial charge in [0.25, 0.3) is 11.8 Å². The Morgan fingerprint density at radius 1 is 1.06 bits per heavy atom. The number of pyridine rings is 1. The first-order chi connectivity index (χ1) is 17.0. The molecule has 7 heteroatoms. The molecule has 2 aromatic rings. The third-order valence-electron chi connectivity index (χ3n) is 10.6. The number of imidazole rings is 1. The SMILES string of the molecule is CN1CCCCC1CCNC(=O)c1cn2c(C(=O)NCC34CC5CC(C3)C53CC3C4)cccc2n1. The third kappa shape index (κ3) is 3.37. The van der Waals surface area contributed by atoms with Crippen LogP contribution in [-0.4, -0.2) is 58.8 Å². The second kappa shape index (κ2) is 7.79. The van der Waals surface area contributed by atoms with Gasteiger partial charge in [-0.2, -0.15) is 0 Å². The Morgan fingerprint density at radius 2 is 1.89 bits per heavy atom. The molecule has 9 rings (SSSR count). The quantitative estimate of drug-likeness (QED) is 0.643. The fourth-order valence-electron chi connectivity index (χ4n) is 8.78. The molecule has 1 aliphatic heterocycles. The standard InChI is InChI=1S/C28H37N5O2/c1-32-10-3-2-5-21(32)8-9-29-25(34)22-16-33-23(6-4-7-24(33)31-22)26(35)30-17-27-12-18-11-19(13-27)28(18)15-20(28)14-27/h4,6-7,16,18-21H,2-3,5,8-15,17H2,1H3,(H,29,34)(H,30,35). The molecular formula is C28H37N5O2. The van der Waals surface area contributed by atoms with Crippen LogP contribution in [-0.2, 0) is 0 Å². The molecule has 7 nitrogen and oxygen atoms in total. The minimum absolute atomic E-state index is 0.0680. The van der Waals surface area contributed by atoms with Crippen LogP contribution >= 0.6 is 0 Å². The first kappa shape index (κ1) is 21.8. The normalized spacial score (nSPS) is 36.9. The van der Waals surface area contributed by atoms with Crippen LogP contribution in [0.4, 0.5) is 0 Å². The lowest BCUT2D eigenvalue weighted by molar-refractivity contribution is -0.136. The summed E-state index contributed by atoms with van der Waals surface area (Å²) in [6.45, 7) is 2.56. The van der Waals surface area contributed by atoms with E-state index in [2.05, 4.69) is 27.6 Å². The summed E-state index contributed by atoms with van der Waals surface area (Å²) >= 11 is 0. The van der Waals surface area contributed by atoms with Gasteiger partial charge in [-0.1, -0.05) is 12.5 Å². The number of rotatable bonds is 7. The van der Waals surface area contributed by atoms with Gasteiger partial charge in [-0.15, -0.1) is 0 Å². The van der Waals surface area contributed by atoms with Crippen LogP contribution in [0.15, 0.2) is 24.4 Å². The van der Waals surface area contributed by atoms with Crippen molar-refractivity contribution in [2.75, 3.05) is 26.7 Å². The number of likely N-dealkylation sites (tertiary alicyclic amines) is 1. The molecule has 6 saturated carbocycles. The van der Waals surface area contributed by atoms with E-state index in [-0.39, 0.29) is 11.8 Å². The Balaban J connectivity index is 0.999. The highest BCUT2D eigenvalue weighted by molar-refractivity contribution is 5.95. The Bertz CT molecular complexity index is 1180. The first-order valence-corrected chi connectivity index (χ1v) is 13.7. The van der Waals surface area contributed by atoms with Crippen LogP contribution in [0.25, 0.3) is 5.65 Å². The van der Waals surface area contributed by atoms with Crippen molar-refractivity contribution in [2.45, 2.75) is 63.8 Å². The summed E-state index contributed by atoms with van der Waals surface area (Å²) in [7, 11) is 2.17. The molecule has 35 heavy (non-hydrogen) atoms. The van der Waals surface area contributed by atoms with Crippen molar-refractivity contribution in [3.63, 3.8) is 0 Å². The van der Waals surface area contributed by atoms with E-state index in [9.17, 15) is 9.59 Å². The van der Waals surface area contributed by atoms with Gasteiger partial charge in [-0.25, -0.2) is 4.98 Å². The Kier molecular flexibility index (Phi) is 4.86. The van der Waals surface area contributed by atoms with Crippen LogP contribution in [0.5, 0.6) is 0 Å². The molecule has 7 aliphatic rings. The minimum atomic E-state index is -0.172. The van der Waals surface area contributed by atoms with E-state index in [1.165, 1.54) is 51.4 Å². The number of piperidine rings is 1. The second-order valence-corrected chi connectivity index (χ2v) is 12.4. The summed E-state index contributed by atoms with van der Waals surface area (Å²) in [5, 5.41) is 6.31. The van der Waals surface area contributed by atoms with E-state index in [0.29, 0.717) is 35.0 Å². The summed E-state index contributed by atoms with van der Waals surface area (Å²) in [6.07, 6.45) is 13.2. The number of hydrogen-bond donors (Lipinski definition) is 2. The van der Waals surface area contributed by atoms with E-state index in [4.69, 9.17) is 0 Å². The minimum Gasteiger partial charge on any atom is -0.351 e. The molecule has 3 heterocycles. The number of amides is 2. The smallest absolute Gasteiger partial charge is 0.271 e. The largest absolute Gasteiger partial charge is 0.351 e. The maximum absolute atomic E-state index is 13.2. The van der Waals surface area contributed by atoms with Gasteiger partial charge in [-0.05, 0) is 106 Å². The molecule has 6 aliphatic carbocycles. The van der Waals surface area contributed by atoms with Gasteiger partial charge in [-0.3, -0.25) is 14.0 Å². The van der Waals surface area contributed by atoms with Crippen molar-refractivity contribution in [3.8, 4) is 0 Å². The summed E-state index contributed by atoms with van der Waals surface area (Å²) in [6, 6.07) is 6.07. The van der Waals surface area contributed by atoms with Gasteiger partial charge in [0.15, 0.2) is 0 Å². The summed E-state index contributed by atoms with van der Waals surface area (Å²) in [5.74, 6) is 2.54. The van der Waals surface area contributed by atoms with Crippen molar-refractivity contribution in [1.29, 1.82) is 0 Å². The summed E-state index contributed by atoms with van der Waals surface area (Å²) in [4.78, 5) is 33.0. The molecule has 7 fully saturated rings. The van der Waals surface area contributed by atoms with E-state index < -0.39 is 0 Å². The number of aromatic nitrogens is 2. The van der Waals surface area contributed by atoms with Crippen LogP contribution in [0.3, 0.4) is 0 Å². The molecule has 0 radical (unpaired) electrons. The highest BCUT2D eigenvalue weighted by Crippen LogP contribution is 2.84. The number of carbonyl (C=O) groups excluding carboxylic acids is 2. The monoisotopic (exact) mass is 475 g/mol. The highest BCUT2D eigenvalue weighted by atomic mass is 16.2. The number of fused-ring (bicyclic) bond motifs is 1. The molecule has 2 N–H and O–H groups in total. The fraction of sp³-hybridized carbons (Fsp3) is 0.679. The zero-order chi connectivity index (χ0) is 23.8. The molecular weight excluding hydrogens is 438 g/mol. The zero-order valence-electron chi connectivity index (χ0n) is 20.8. The average molecular weight is 476 g/mol. The van der Waals surface area contributed by atoms with E-state index >= 15 is 0 Å². The molecule has 2 amide bonds. The topological polar surface area (TPSA) is 78.7 Å². The average Bonchev–Trinajstić information content (AvgIpc) is 3.48. The lowest BCUT2D eigenvalue weighted by atomic mass is 9.42. The number of nitrogens with zero attached hydrogens (tertiary/aromatic N) is 3. The van der Waals surface area contributed by atoms with Crippen LogP contribution in [0.1, 0.15) is 78.8 Å². The molecule has 4 unspecified atom stereocenters. The van der Waals surface area contributed by atoms with E-state index in [1.807, 2.05) is 18.2 Å². The number of nitrogens with one attached hydrogen (secondary N) is 2. The predicted octanol–water partition coefficient (Wildman–Crippen LogP) is 3.49. The van der Waals surface area contributed by atoms with Crippen molar-refractivity contribution >= 4 is 17.5 Å². The van der Waals surface area contributed by atoms with Crippen molar-refractivity contribution < 1.29 is 9.59 Å². The van der Waals surface area contributed by atoms with Gasteiger partial charge in [0.1, 0.15) is 17.0 Å². The Hall–Kier alpha value is -2.41. The first-order valence-electron chi connectivity index (χ1n) is 13.7. The van der Waals surface area contributed by atoms with Crippen LogP contribution in [0, 0.1) is 28.6 Å². The van der Waals surface area contributed by atoms with E-state index in [1.54, 1.807) is 10.6 Å². The fourth-order valence-corrected chi connectivity index (χ4v) is 8.78. The van der Waals surface area contributed by atoms with E-state index in [0.717, 1.165) is 42.7 Å².